The van der Waals surface area contributed by atoms with Crippen LogP contribution in [0.2, 0.25) is 5.02 Å². The first-order valence-electron chi connectivity index (χ1n) is 5.78. The van der Waals surface area contributed by atoms with Crippen molar-refractivity contribution in [1.29, 1.82) is 0 Å². The molecule has 1 aliphatic heterocycles. The minimum atomic E-state index is -3.95. The molecule has 1 aliphatic rings. The van der Waals surface area contributed by atoms with Gasteiger partial charge in [-0.15, -0.1) is 0 Å². The molecule has 1 aromatic heterocycles. The maximum atomic E-state index is 12.5. The van der Waals surface area contributed by atoms with Crippen LogP contribution in [0.4, 0.5) is 0 Å². The van der Waals surface area contributed by atoms with Crippen LogP contribution in [-0.2, 0) is 21.9 Å². The number of halogens is 1. The van der Waals surface area contributed by atoms with E-state index in [4.69, 9.17) is 16.7 Å². The monoisotopic (exact) mass is 307 g/mol. The molecule has 0 unspecified atom stereocenters. The number of aromatic nitrogens is 2. The molecule has 0 radical (unpaired) electrons. The van der Waals surface area contributed by atoms with Crippen LogP contribution in [0.1, 0.15) is 19.3 Å². The van der Waals surface area contributed by atoms with Gasteiger partial charge >= 0.3 is 5.97 Å². The number of carboxylic acid groups (broad SMARTS) is 1. The van der Waals surface area contributed by atoms with Crippen molar-refractivity contribution in [3.8, 4) is 0 Å². The van der Waals surface area contributed by atoms with Crippen LogP contribution < -0.4 is 0 Å². The van der Waals surface area contributed by atoms with Crippen LogP contribution in [-0.4, -0.2) is 46.2 Å². The summed E-state index contributed by atoms with van der Waals surface area (Å²) in [5, 5.41) is 12.8. The second-order valence-corrected chi connectivity index (χ2v) is 6.60. The van der Waals surface area contributed by atoms with E-state index in [1.165, 1.54) is 13.2 Å². The van der Waals surface area contributed by atoms with E-state index in [1.54, 1.807) is 0 Å². The van der Waals surface area contributed by atoms with Crippen LogP contribution in [0.15, 0.2) is 11.2 Å². The van der Waals surface area contributed by atoms with E-state index in [9.17, 15) is 13.2 Å². The lowest BCUT2D eigenvalue weighted by Crippen LogP contribution is -2.48. The number of piperidine rings is 1. The van der Waals surface area contributed by atoms with Crippen molar-refractivity contribution in [1.82, 2.24) is 14.1 Å². The van der Waals surface area contributed by atoms with Crippen LogP contribution in [0.3, 0.4) is 0 Å². The third kappa shape index (κ3) is 2.47. The minimum Gasteiger partial charge on any atom is -0.480 e. The Kier molecular flexibility index (Phi) is 3.84. The van der Waals surface area contributed by atoms with Crippen LogP contribution in [0.5, 0.6) is 0 Å². The number of hydrogen-bond donors (Lipinski definition) is 1. The van der Waals surface area contributed by atoms with E-state index >= 15 is 0 Å². The zero-order valence-corrected chi connectivity index (χ0v) is 11.9. The standard InChI is InChI=1S/C10H14ClN3O4S/c1-13-9(7(11)6-12-13)19(17,18)14-5-3-2-4-8(14)10(15)16/h6,8H,2-5H2,1H3,(H,15,16)/t8-/m0/s1. The molecule has 2 heterocycles. The summed E-state index contributed by atoms with van der Waals surface area (Å²) >= 11 is 5.84. The molecular formula is C10H14ClN3O4S. The first-order valence-corrected chi connectivity index (χ1v) is 7.59. The Morgan fingerprint density at radius 2 is 2.21 bits per heavy atom. The van der Waals surface area contributed by atoms with Gasteiger partial charge in [0, 0.05) is 13.6 Å². The molecule has 1 saturated heterocycles. The summed E-state index contributed by atoms with van der Waals surface area (Å²) in [6, 6.07) is -1.04. The first-order chi connectivity index (χ1) is 8.85. The smallest absolute Gasteiger partial charge is 0.322 e. The number of sulfonamides is 1. The fourth-order valence-electron chi connectivity index (χ4n) is 2.24. The molecular weight excluding hydrogens is 294 g/mol. The predicted octanol–water partition coefficient (Wildman–Crippen LogP) is 0.701. The Morgan fingerprint density at radius 3 is 2.74 bits per heavy atom. The van der Waals surface area contributed by atoms with Crippen molar-refractivity contribution < 1.29 is 18.3 Å². The van der Waals surface area contributed by atoms with Crippen molar-refractivity contribution >= 4 is 27.6 Å². The zero-order chi connectivity index (χ0) is 14.2. The summed E-state index contributed by atoms with van der Waals surface area (Å²) in [6.07, 6.45) is 2.87. The van der Waals surface area contributed by atoms with Gasteiger partial charge in [-0.3, -0.25) is 9.48 Å². The number of hydrogen-bond acceptors (Lipinski definition) is 4. The number of carboxylic acids is 1. The molecule has 1 atom stereocenters. The highest BCUT2D eigenvalue weighted by Crippen LogP contribution is 2.29. The molecule has 0 amide bonds. The molecule has 0 saturated carbocycles. The van der Waals surface area contributed by atoms with Gasteiger partial charge in [0.05, 0.1) is 11.2 Å². The summed E-state index contributed by atoms with van der Waals surface area (Å²) in [7, 11) is -2.50. The summed E-state index contributed by atoms with van der Waals surface area (Å²) < 4.78 is 27.2. The van der Waals surface area contributed by atoms with Gasteiger partial charge in [0.1, 0.15) is 6.04 Å². The topological polar surface area (TPSA) is 92.5 Å². The Hall–Kier alpha value is -1.12. The van der Waals surface area contributed by atoms with Crippen molar-refractivity contribution in [2.75, 3.05) is 6.54 Å². The van der Waals surface area contributed by atoms with Gasteiger partial charge in [-0.05, 0) is 19.3 Å². The largest absolute Gasteiger partial charge is 0.480 e. The maximum absolute atomic E-state index is 12.5. The average molecular weight is 308 g/mol. The Labute approximate surface area is 115 Å². The number of aliphatic carboxylic acids is 1. The lowest BCUT2D eigenvalue weighted by Gasteiger charge is -2.31. The van der Waals surface area contributed by atoms with Crippen LogP contribution in [0, 0.1) is 0 Å². The lowest BCUT2D eigenvalue weighted by molar-refractivity contribution is -0.142. The number of carbonyl (C=O) groups is 1. The normalized spacial score (nSPS) is 21.5. The molecule has 19 heavy (non-hydrogen) atoms. The van der Waals surface area contributed by atoms with Gasteiger partial charge < -0.3 is 5.11 Å². The summed E-state index contributed by atoms with van der Waals surface area (Å²) in [5.41, 5.74) is 0. The fraction of sp³-hybridized carbons (Fsp3) is 0.600. The third-order valence-electron chi connectivity index (χ3n) is 3.13. The highest BCUT2D eigenvalue weighted by Gasteiger charge is 2.40. The van der Waals surface area contributed by atoms with Crippen molar-refractivity contribution in [3.63, 3.8) is 0 Å². The Bertz CT molecular complexity index is 578. The fourth-order valence-corrected chi connectivity index (χ4v) is 4.50. The quantitative estimate of drug-likeness (QED) is 0.887. The second kappa shape index (κ2) is 5.10. The molecule has 0 aliphatic carbocycles. The third-order valence-corrected chi connectivity index (χ3v) is 5.55. The van der Waals surface area contributed by atoms with E-state index in [0.717, 1.165) is 8.99 Å². The van der Waals surface area contributed by atoms with Gasteiger partial charge in [0.25, 0.3) is 10.0 Å². The van der Waals surface area contributed by atoms with Crippen molar-refractivity contribution in [2.24, 2.45) is 7.05 Å². The maximum Gasteiger partial charge on any atom is 0.322 e. The number of rotatable bonds is 3. The lowest BCUT2D eigenvalue weighted by atomic mass is 10.1. The molecule has 1 fully saturated rings. The van der Waals surface area contributed by atoms with E-state index in [-0.39, 0.29) is 16.6 Å². The molecule has 0 spiro atoms. The first kappa shape index (κ1) is 14.3. The molecule has 1 N–H and O–H groups in total. The summed E-state index contributed by atoms with van der Waals surface area (Å²) in [6.45, 7) is 0.181. The molecule has 9 heteroatoms. The molecule has 2 rings (SSSR count). The van der Waals surface area contributed by atoms with Crippen molar-refractivity contribution in [2.45, 2.75) is 30.3 Å². The highest BCUT2D eigenvalue weighted by molar-refractivity contribution is 7.89. The highest BCUT2D eigenvalue weighted by atomic mass is 35.5. The SMILES string of the molecule is Cn1ncc(Cl)c1S(=O)(=O)N1CCCC[C@H]1C(=O)O. The Morgan fingerprint density at radius 1 is 1.53 bits per heavy atom. The van der Waals surface area contributed by atoms with Gasteiger partial charge in [-0.25, -0.2) is 8.42 Å². The van der Waals surface area contributed by atoms with E-state index in [2.05, 4.69) is 5.10 Å². The molecule has 1 aromatic rings. The molecule has 106 valence electrons. The van der Waals surface area contributed by atoms with Crippen LogP contribution >= 0.6 is 11.6 Å². The van der Waals surface area contributed by atoms with Gasteiger partial charge in [-0.2, -0.15) is 9.40 Å². The number of nitrogens with zero attached hydrogens (tertiary/aromatic N) is 3. The van der Waals surface area contributed by atoms with E-state index in [0.29, 0.717) is 19.3 Å². The summed E-state index contributed by atoms with van der Waals surface area (Å²) in [4.78, 5) is 11.2. The average Bonchev–Trinajstić information content (AvgIpc) is 2.69. The molecule has 7 nitrogen and oxygen atoms in total. The van der Waals surface area contributed by atoms with E-state index < -0.39 is 22.0 Å². The van der Waals surface area contributed by atoms with Crippen molar-refractivity contribution in [3.05, 3.63) is 11.2 Å². The number of aryl methyl sites for hydroxylation is 1. The predicted molar refractivity (Wildman–Crippen MR) is 67.4 cm³/mol. The summed E-state index contributed by atoms with van der Waals surface area (Å²) in [5.74, 6) is -1.14. The van der Waals surface area contributed by atoms with Gasteiger partial charge in [0.15, 0.2) is 5.03 Å². The van der Waals surface area contributed by atoms with Crippen LogP contribution in [0.25, 0.3) is 0 Å². The van der Waals surface area contributed by atoms with Gasteiger partial charge in [-0.1, -0.05) is 11.6 Å². The minimum absolute atomic E-state index is 0.00258. The van der Waals surface area contributed by atoms with E-state index in [1.807, 2.05) is 0 Å². The second-order valence-electron chi connectivity index (χ2n) is 4.39. The molecule has 0 bridgehead atoms. The van der Waals surface area contributed by atoms with Gasteiger partial charge in [0.2, 0.25) is 0 Å². The molecule has 0 aromatic carbocycles. The zero-order valence-electron chi connectivity index (χ0n) is 10.3. The Balaban J connectivity index is 2.46.